The molecule has 4 aromatic rings. The Morgan fingerprint density at radius 3 is 2.56 bits per heavy atom. The number of nitrogens with one attached hydrogen (secondary N) is 2. The SMILES string of the molecule is COC(=O)c1sc2nc(CN(C)c3c(N)n(Cc4ccccc4)c(=O)[nH]c3=O)[nH]c(=O)c2c1C. The standard InChI is InChI=1S/C22H22N6O5S/c1-11-14-18(29)24-13(25-20(14)34-16(11)21(31)33-3)10-27(2)15-17(23)28(22(32)26-19(15)30)9-12-7-5-4-6-8-12/h4-8H,9-10,23H2,1-3H3,(H,24,25,29)(H,26,30,32). The number of nitrogens with two attached hydrogens (primary N) is 1. The number of hydrogen-bond acceptors (Lipinski definition) is 9. The number of nitrogen functional groups attached to an aromatic ring is 1. The number of carbonyl (C=O) groups excluding carboxylic acids is 1. The number of ether oxygens (including phenoxy) is 1. The Kier molecular flexibility index (Phi) is 6.07. The molecule has 11 nitrogen and oxygen atoms in total. The maximum absolute atomic E-state index is 12.7. The first kappa shape index (κ1) is 23.0. The van der Waals surface area contributed by atoms with Crippen molar-refractivity contribution in [1.82, 2.24) is 19.5 Å². The van der Waals surface area contributed by atoms with Crippen molar-refractivity contribution in [2.75, 3.05) is 24.8 Å². The Hall–Kier alpha value is -4.19. The molecular formula is C22H22N6O5S. The van der Waals surface area contributed by atoms with Gasteiger partial charge in [0, 0.05) is 7.05 Å². The number of aromatic amines is 2. The predicted molar refractivity (Wildman–Crippen MR) is 130 cm³/mol. The number of hydrogen-bond donors (Lipinski definition) is 3. The summed E-state index contributed by atoms with van der Waals surface area (Å²) in [5.74, 6) is -0.292. The van der Waals surface area contributed by atoms with E-state index in [9.17, 15) is 19.2 Å². The molecule has 0 aliphatic carbocycles. The van der Waals surface area contributed by atoms with Crippen LogP contribution in [0.4, 0.5) is 11.5 Å². The van der Waals surface area contributed by atoms with Gasteiger partial charge in [-0.15, -0.1) is 11.3 Å². The second-order valence-electron chi connectivity index (χ2n) is 7.66. The molecule has 1 aromatic carbocycles. The van der Waals surface area contributed by atoms with Gasteiger partial charge in [0.05, 0.1) is 25.6 Å². The van der Waals surface area contributed by atoms with Gasteiger partial charge in [0.25, 0.3) is 11.1 Å². The van der Waals surface area contributed by atoms with Gasteiger partial charge in [-0.2, -0.15) is 0 Å². The highest BCUT2D eigenvalue weighted by molar-refractivity contribution is 7.20. The number of esters is 1. The van der Waals surface area contributed by atoms with Crippen LogP contribution in [-0.4, -0.2) is 39.6 Å². The number of aromatic nitrogens is 4. The van der Waals surface area contributed by atoms with Crippen molar-refractivity contribution in [3.05, 3.63) is 83.4 Å². The third-order valence-electron chi connectivity index (χ3n) is 5.39. The summed E-state index contributed by atoms with van der Waals surface area (Å²) >= 11 is 1.06. The molecule has 4 N–H and O–H groups in total. The summed E-state index contributed by atoms with van der Waals surface area (Å²) in [5.41, 5.74) is 5.95. The Bertz CT molecular complexity index is 1570. The minimum absolute atomic E-state index is 0.0107. The van der Waals surface area contributed by atoms with Gasteiger partial charge in [-0.05, 0) is 18.1 Å². The average molecular weight is 483 g/mol. The molecule has 0 radical (unpaired) electrons. The van der Waals surface area contributed by atoms with Gasteiger partial charge in [-0.3, -0.25) is 19.1 Å². The molecule has 4 rings (SSSR count). The Morgan fingerprint density at radius 1 is 1.18 bits per heavy atom. The van der Waals surface area contributed by atoms with Gasteiger partial charge < -0.3 is 20.4 Å². The lowest BCUT2D eigenvalue weighted by Crippen LogP contribution is -2.37. The summed E-state index contributed by atoms with van der Waals surface area (Å²) in [7, 11) is 2.87. The molecule has 0 aliphatic rings. The molecule has 0 saturated carbocycles. The van der Waals surface area contributed by atoms with Gasteiger partial charge in [0.2, 0.25) is 0 Å². The van der Waals surface area contributed by atoms with E-state index in [0.717, 1.165) is 16.9 Å². The van der Waals surface area contributed by atoms with E-state index >= 15 is 0 Å². The van der Waals surface area contributed by atoms with Crippen LogP contribution in [0.5, 0.6) is 0 Å². The number of rotatable bonds is 6. The van der Waals surface area contributed by atoms with Gasteiger partial charge >= 0.3 is 11.7 Å². The van der Waals surface area contributed by atoms with Crippen molar-refractivity contribution < 1.29 is 9.53 Å². The van der Waals surface area contributed by atoms with Crippen LogP contribution >= 0.6 is 11.3 Å². The zero-order valence-electron chi connectivity index (χ0n) is 18.7. The lowest BCUT2D eigenvalue weighted by Gasteiger charge is -2.21. The maximum Gasteiger partial charge on any atom is 0.348 e. The molecule has 176 valence electrons. The molecule has 0 bridgehead atoms. The van der Waals surface area contributed by atoms with Crippen molar-refractivity contribution in [2.45, 2.75) is 20.0 Å². The minimum atomic E-state index is -0.655. The quantitative estimate of drug-likeness (QED) is 0.346. The highest BCUT2D eigenvalue weighted by atomic mass is 32.1. The summed E-state index contributed by atoms with van der Waals surface area (Å²) < 4.78 is 6.04. The number of nitrogens with zero attached hydrogens (tertiary/aromatic N) is 3. The fourth-order valence-electron chi connectivity index (χ4n) is 3.72. The number of thiophene rings is 1. The average Bonchev–Trinajstić information content (AvgIpc) is 3.13. The van der Waals surface area contributed by atoms with Crippen molar-refractivity contribution in [3.63, 3.8) is 0 Å². The van der Waals surface area contributed by atoms with Crippen molar-refractivity contribution >= 4 is 39.0 Å². The number of aryl methyl sites for hydroxylation is 1. The number of fused-ring (bicyclic) bond motifs is 1. The third kappa shape index (κ3) is 4.10. The largest absolute Gasteiger partial charge is 0.465 e. The fraction of sp³-hybridized carbons (Fsp3) is 0.227. The van der Waals surface area contributed by atoms with E-state index in [0.29, 0.717) is 20.7 Å². The first-order chi connectivity index (χ1) is 16.2. The lowest BCUT2D eigenvalue weighted by molar-refractivity contribution is 0.0605. The van der Waals surface area contributed by atoms with Crippen LogP contribution in [0.3, 0.4) is 0 Å². The van der Waals surface area contributed by atoms with E-state index in [1.165, 1.54) is 16.6 Å². The molecule has 0 amide bonds. The predicted octanol–water partition coefficient (Wildman–Crippen LogP) is 1.20. The van der Waals surface area contributed by atoms with Crippen molar-refractivity contribution in [2.24, 2.45) is 0 Å². The monoisotopic (exact) mass is 482 g/mol. The number of H-pyrrole nitrogens is 2. The summed E-state index contributed by atoms with van der Waals surface area (Å²) in [5, 5.41) is 0.311. The molecule has 0 aliphatic heterocycles. The van der Waals surface area contributed by atoms with E-state index in [-0.39, 0.29) is 30.4 Å². The lowest BCUT2D eigenvalue weighted by atomic mass is 10.2. The Balaban J connectivity index is 1.71. The first-order valence-corrected chi connectivity index (χ1v) is 11.0. The van der Waals surface area contributed by atoms with Crippen LogP contribution in [-0.2, 0) is 17.8 Å². The van der Waals surface area contributed by atoms with Crippen molar-refractivity contribution in [3.8, 4) is 0 Å². The van der Waals surface area contributed by atoms with Crippen molar-refractivity contribution in [1.29, 1.82) is 0 Å². The number of carbonyl (C=O) groups is 1. The van der Waals surface area contributed by atoms with Gasteiger partial charge in [-0.25, -0.2) is 14.6 Å². The topological polar surface area (TPSA) is 156 Å². The first-order valence-electron chi connectivity index (χ1n) is 10.2. The van der Waals surface area contributed by atoms with Crippen LogP contribution in [0.25, 0.3) is 10.2 Å². The molecule has 0 spiro atoms. The van der Waals surface area contributed by atoms with E-state index < -0.39 is 22.8 Å². The molecular weight excluding hydrogens is 460 g/mol. The van der Waals surface area contributed by atoms with Gasteiger partial charge in [0.1, 0.15) is 27.0 Å². The highest BCUT2D eigenvalue weighted by Crippen LogP contribution is 2.28. The maximum atomic E-state index is 12.7. The number of anilines is 2. The second kappa shape index (κ2) is 8.98. The molecule has 3 aromatic heterocycles. The summed E-state index contributed by atoms with van der Waals surface area (Å²) in [6, 6.07) is 9.22. The van der Waals surface area contributed by atoms with Gasteiger partial charge in [-0.1, -0.05) is 30.3 Å². The third-order valence-corrected chi connectivity index (χ3v) is 6.55. The Labute approximate surface area is 196 Å². The summed E-state index contributed by atoms with van der Waals surface area (Å²) in [6.07, 6.45) is 0. The van der Waals surface area contributed by atoms with E-state index in [1.54, 1.807) is 14.0 Å². The minimum Gasteiger partial charge on any atom is -0.465 e. The van der Waals surface area contributed by atoms with E-state index in [1.807, 2.05) is 30.3 Å². The van der Waals surface area contributed by atoms with Crippen LogP contribution in [0, 0.1) is 6.92 Å². The van der Waals surface area contributed by atoms with Crippen LogP contribution in [0.15, 0.2) is 44.7 Å². The molecule has 0 unspecified atom stereocenters. The molecule has 12 heteroatoms. The number of methoxy groups -OCH3 is 1. The molecule has 34 heavy (non-hydrogen) atoms. The second-order valence-corrected chi connectivity index (χ2v) is 8.66. The summed E-state index contributed by atoms with van der Waals surface area (Å²) in [6.45, 7) is 1.85. The van der Waals surface area contributed by atoms with Crippen LogP contribution < -0.4 is 27.4 Å². The zero-order chi connectivity index (χ0) is 24.6. The van der Waals surface area contributed by atoms with Crippen LogP contribution in [0.2, 0.25) is 0 Å². The molecule has 0 fully saturated rings. The highest BCUT2D eigenvalue weighted by Gasteiger charge is 2.21. The normalized spacial score (nSPS) is 11.0. The van der Waals surface area contributed by atoms with E-state index in [2.05, 4.69) is 15.0 Å². The molecule has 0 saturated heterocycles. The fourth-order valence-corrected chi connectivity index (χ4v) is 4.84. The summed E-state index contributed by atoms with van der Waals surface area (Å²) in [4.78, 5) is 61.3. The number of benzene rings is 1. The zero-order valence-corrected chi connectivity index (χ0v) is 19.5. The molecule has 3 heterocycles. The molecule has 0 atom stereocenters. The van der Waals surface area contributed by atoms with Gasteiger partial charge in [0.15, 0.2) is 0 Å². The smallest absolute Gasteiger partial charge is 0.348 e. The van der Waals surface area contributed by atoms with E-state index in [4.69, 9.17) is 10.5 Å². The van der Waals surface area contributed by atoms with Crippen LogP contribution in [0.1, 0.15) is 26.6 Å². The Morgan fingerprint density at radius 2 is 1.88 bits per heavy atom.